The van der Waals surface area contributed by atoms with E-state index in [0.717, 1.165) is 0 Å². The molecule has 0 saturated heterocycles. The van der Waals surface area contributed by atoms with Gasteiger partial charge in [-0.2, -0.15) is 0 Å². The zero-order valence-electron chi connectivity index (χ0n) is 24.0. The summed E-state index contributed by atoms with van der Waals surface area (Å²) < 4.78 is 0. The normalized spacial score (nSPS) is 13.4. The van der Waals surface area contributed by atoms with Crippen LogP contribution in [0.15, 0.2) is 59.6 Å². The van der Waals surface area contributed by atoms with Crippen LogP contribution in [0.3, 0.4) is 0 Å². The summed E-state index contributed by atoms with van der Waals surface area (Å²) in [6.07, 6.45) is -0.553. The van der Waals surface area contributed by atoms with Crippen LogP contribution in [0.2, 0.25) is 0 Å². The number of phenols is 1. The number of rotatable bonds is 18. The number of carbonyl (C=O) groups excluding carboxylic acids is 3. The molecule has 2 rings (SSSR count). The molecule has 0 aromatic heterocycles. The number of amides is 3. The quantitative estimate of drug-likeness (QED) is 0.0556. The third-order valence-electron chi connectivity index (χ3n) is 6.48. The topological polar surface area (TPSA) is 273 Å². The number of nitrogens with zero attached hydrogens (tertiary/aromatic N) is 1. The average Bonchev–Trinajstić information content (AvgIpc) is 2.97. The van der Waals surface area contributed by atoms with Crippen molar-refractivity contribution in [2.45, 2.75) is 62.7 Å². The lowest BCUT2D eigenvalue weighted by molar-refractivity contribution is -0.143. The standard InChI is InChI=1S/C29H39N7O8/c30-20(15-18-8-10-19(37)11-9-18)25(40)36-23(16-17-5-2-1-3-6-17)27(42)34-21(12-13-24(38)39)26(41)35-22(28(43)44)7-4-14-33-29(31)32/h1-3,5-6,8-11,20-23,37H,4,7,12-16,30H2,(H,34,42)(H,35,41)(H,36,40)(H,38,39)(H,43,44)(H4,31,32,33)/t20-,21-,22-,23-/m0/s1. The van der Waals surface area contributed by atoms with E-state index < -0.39 is 60.2 Å². The molecule has 0 bridgehead atoms. The highest BCUT2D eigenvalue weighted by atomic mass is 16.4. The van der Waals surface area contributed by atoms with Crippen molar-refractivity contribution in [2.75, 3.05) is 6.54 Å². The number of aliphatic carboxylic acids is 2. The van der Waals surface area contributed by atoms with E-state index in [2.05, 4.69) is 20.9 Å². The van der Waals surface area contributed by atoms with Crippen molar-refractivity contribution >= 4 is 35.6 Å². The fraction of sp³-hybridized carbons (Fsp3) is 0.379. The van der Waals surface area contributed by atoms with E-state index in [1.54, 1.807) is 42.5 Å². The minimum Gasteiger partial charge on any atom is -0.508 e. The number of guanidine groups is 1. The first-order chi connectivity index (χ1) is 20.8. The summed E-state index contributed by atoms with van der Waals surface area (Å²) in [5.74, 6) is -5.08. The Morgan fingerprint density at radius 2 is 1.30 bits per heavy atom. The molecule has 0 radical (unpaired) electrons. The van der Waals surface area contributed by atoms with Crippen molar-refractivity contribution in [2.24, 2.45) is 22.2 Å². The number of benzene rings is 2. The molecular formula is C29H39N7O8. The third kappa shape index (κ3) is 12.8. The summed E-state index contributed by atoms with van der Waals surface area (Å²) in [4.78, 5) is 66.4. The molecule has 2 aromatic carbocycles. The predicted octanol–water partition coefficient (Wildman–Crippen LogP) is -1.04. The van der Waals surface area contributed by atoms with E-state index in [1.165, 1.54) is 12.1 Å². The van der Waals surface area contributed by atoms with Crippen LogP contribution in [0.4, 0.5) is 0 Å². The number of carbonyl (C=O) groups is 5. The number of hydrogen-bond acceptors (Lipinski definition) is 8. The molecule has 0 heterocycles. The highest BCUT2D eigenvalue weighted by Gasteiger charge is 2.31. The van der Waals surface area contributed by atoms with Crippen LogP contribution >= 0.6 is 0 Å². The van der Waals surface area contributed by atoms with E-state index in [1.807, 2.05) is 0 Å². The van der Waals surface area contributed by atoms with Gasteiger partial charge in [-0.15, -0.1) is 0 Å². The molecule has 2 aromatic rings. The summed E-state index contributed by atoms with van der Waals surface area (Å²) in [6.45, 7) is 0.122. The van der Waals surface area contributed by atoms with Gasteiger partial charge in [0.25, 0.3) is 0 Å². The van der Waals surface area contributed by atoms with Crippen LogP contribution < -0.4 is 33.2 Å². The lowest BCUT2D eigenvalue weighted by Crippen LogP contribution is -2.57. The Morgan fingerprint density at radius 3 is 1.89 bits per heavy atom. The fourth-order valence-electron chi connectivity index (χ4n) is 4.16. The molecule has 44 heavy (non-hydrogen) atoms. The van der Waals surface area contributed by atoms with Crippen molar-refractivity contribution in [1.29, 1.82) is 0 Å². The zero-order chi connectivity index (χ0) is 32.6. The molecule has 12 N–H and O–H groups in total. The van der Waals surface area contributed by atoms with Crippen molar-refractivity contribution in [3.8, 4) is 5.75 Å². The SMILES string of the molecule is NC(N)=NCCC[C@H](NC(=O)[C@H](CCC(=O)O)NC(=O)[C@H](Cc1ccccc1)NC(=O)[C@@H](N)Cc1ccc(O)cc1)C(=O)O. The van der Waals surface area contributed by atoms with Crippen LogP contribution in [0.25, 0.3) is 0 Å². The summed E-state index contributed by atoms with van der Waals surface area (Å²) in [5.41, 5.74) is 18.0. The van der Waals surface area contributed by atoms with Gasteiger partial charge in [0.15, 0.2) is 5.96 Å². The van der Waals surface area contributed by atoms with Crippen molar-refractivity contribution < 1.29 is 39.3 Å². The van der Waals surface area contributed by atoms with Crippen molar-refractivity contribution in [3.63, 3.8) is 0 Å². The lowest BCUT2D eigenvalue weighted by Gasteiger charge is -2.25. The number of carboxylic acid groups (broad SMARTS) is 2. The van der Waals surface area contributed by atoms with E-state index in [9.17, 15) is 39.3 Å². The van der Waals surface area contributed by atoms with Crippen LogP contribution in [0, 0.1) is 0 Å². The highest BCUT2D eigenvalue weighted by Crippen LogP contribution is 2.12. The van der Waals surface area contributed by atoms with Crippen LogP contribution in [0.1, 0.15) is 36.8 Å². The molecule has 15 nitrogen and oxygen atoms in total. The summed E-state index contributed by atoms with van der Waals surface area (Å²) >= 11 is 0. The second-order valence-electron chi connectivity index (χ2n) is 10.1. The second-order valence-corrected chi connectivity index (χ2v) is 10.1. The zero-order valence-corrected chi connectivity index (χ0v) is 24.0. The predicted molar refractivity (Wildman–Crippen MR) is 160 cm³/mol. The molecule has 0 fully saturated rings. The Kier molecular flexibility index (Phi) is 14.1. The van der Waals surface area contributed by atoms with Gasteiger partial charge in [0, 0.05) is 19.4 Å². The summed E-state index contributed by atoms with van der Waals surface area (Å²) in [5, 5.41) is 35.7. The number of nitrogens with two attached hydrogens (primary N) is 3. The largest absolute Gasteiger partial charge is 0.508 e. The van der Waals surface area contributed by atoms with Crippen LogP contribution in [0.5, 0.6) is 5.75 Å². The Hall–Kier alpha value is -5.18. The van der Waals surface area contributed by atoms with E-state index in [-0.39, 0.29) is 50.4 Å². The molecule has 0 unspecified atom stereocenters. The molecule has 238 valence electrons. The molecule has 0 saturated carbocycles. The number of aromatic hydroxyl groups is 1. The number of hydrogen-bond donors (Lipinski definition) is 9. The third-order valence-corrected chi connectivity index (χ3v) is 6.48. The maximum absolute atomic E-state index is 13.5. The molecule has 4 atom stereocenters. The number of aliphatic imine (C=N–C) groups is 1. The fourth-order valence-corrected chi connectivity index (χ4v) is 4.16. The highest BCUT2D eigenvalue weighted by molar-refractivity contribution is 5.94. The van der Waals surface area contributed by atoms with Gasteiger partial charge >= 0.3 is 11.9 Å². The number of phenolic OH excluding ortho intramolecular Hbond substituents is 1. The molecule has 15 heteroatoms. The first-order valence-corrected chi connectivity index (χ1v) is 13.8. The Balaban J connectivity index is 2.20. The summed E-state index contributed by atoms with van der Waals surface area (Å²) in [6, 6.07) is 9.76. The van der Waals surface area contributed by atoms with E-state index in [0.29, 0.717) is 11.1 Å². The van der Waals surface area contributed by atoms with Crippen LogP contribution in [-0.2, 0) is 36.8 Å². The van der Waals surface area contributed by atoms with Gasteiger partial charge in [-0.25, -0.2) is 4.79 Å². The molecular weight excluding hydrogens is 574 g/mol. The van der Waals surface area contributed by atoms with Gasteiger partial charge in [-0.1, -0.05) is 42.5 Å². The molecule has 3 amide bonds. The maximum atomic E-state index is 13.5. The molecule has 0 aliphatic rings. The minimum atomic E-state index is -1.43. The first-order valence-electron chi connectivity index (χ1n) is 13.8. The second kappa shape index (κ2) is 17.7. The van der Waals surface area contributed by atoms with Gasteiger partial charge in [-0.05, 0) is 48.9 Å². The molecule has 0 aliphatic heterocycles. The smallest absolute Gasteiger partial charge is 0.326 e. The maximum Gasteiger partial charge on any atom is 0.326 e. The van der Waals surface area contributed by atoms with Gasteiger partial charge in [0.2, 0.25) is 17.7 Å². The molecule has 0 spiro atoms. The van der Waals surface area contributed by atoms with E-state index in [4.69, 9.17) is 17.2 Å². The molecule has 0 aliphatic carbocycles. The number of carboxylic acids is 2. The van der Waals surface area contributed by atoms with Crippen molar-refractivity contribution in [1.82, 2.24) is 16.0 Å². The van der Waals surface area contributed by atoms with Crippen LogP contribution in [-0.4, -0.2) is 81.7 Å². The summed E-state index contributed by atoms with van der Waals surface area (Å²) in [7, 11) is 0. The Bertz CT molecular complexity index is 1300. The van der Waals surface area contributed by atoms with Gasteiger partial charge in [0.05, 0.1) is 6.04 Å². The average molecular weight is 614 g/mol. The van der Waals surface area contributed by atoms with Gasteiger partial charge in [0.1, 0.15) is 23.9 Å². The van der Waals surface area contributed by atoms with Gasteiger partial charge < -0.3 is 48.5 Å². The minimum absolute atomic E-state index is 0.0140. The van der Waals surface area contributed by atoms with Gasteiger partial charge in [-0.3, -0.25) is 24.2 Å². The first kappa shape index (κ1) is 35.0. The van der Waals surface area contributed by atoms with Crippen molar-refractivity contribution in [3.05, 3.63) is 65.7 Å². The Morgan fingerprint density at radius 1 is 0.727 bits per heavy atom. The lowest BCUT2D eigenvalue weighted by atomic mass is 10.0. The van der Waals surface area contributed by atoms with E-state index >= 15 is 0 Å². The Labute approximate surface area is 253 Å². The number of nitrogens with one attached hydrogen (secondary N) is 3. The monoisotopic (exact) mass is 613 g/mol.